The van der Waals surface area contributed by atoms with Crippen LogP contribution < -0.4 is 10.6 Å². The van der Waals surface area contributed by atoms with Crippen LogP contribution in [0.2, 0.25) is 0 Å². The van der Waals surface area contributed by atoms with E-state index in [4.69, 9.17) is 0 Å². The Morgan fingerprint density at radius 2 is 2.28 bits per heavy atom. The molecule has 3 nitrogen and oxygen atoms in total. The Labute approximate surface area is 130 Å². The average molecular weight is 379 g/mol. The number of hydrogen-bond donors (Lipinski definition) is 2. The summed E-state index contributed by atoms with van der Waals surface area (Å²) in [5.41, 5.74) is 0. The summed E-state index contributed by atoms with van der Waals surface area (Å²) in [4.78, 5) is 6.03. The quantitative estimate of drug-likeness (QED) is 0.469. The van der Waals surface area contributed by atoms with Crippen molar-refractivity contribution in [3.05, 3.63) is 22.4 Å². The Kier molecular flexibility index (Phi) is 6.99. The summed E-state index contributed by atoms with van der Waals surface area (Å²) in [5.74, 6) is 0.971. The van der Waals surface area contributed by atoms with Crippen molar-refractivity contribution in [2.24, 2.45) is 4.99 Å². The summed E-state index contributed by atoms with van der Waals surface area (Å²) in [6.07, 6.45) is 3.60. The molecule has 0 unspecified atom stereocenters. The molecule has 2 N–H and O–H groups in total. The van der Waals surface area contributed by atoms with E-state index in [9.17, 15) is 0 Å². The lowest BCUT2D eigenvalue weighted by atomic mass is 10.3. The van der Waals surface area contributed by atoms with Gasteiger partial charge < -0.3 is 10.6 Å². The SMILES string of the molecule is CC(C)NC(=NCCc1cccs1)NC1CC1.I. The van der Waals surface area contributed by atoms with E-state index < -0.39 is 0 Å². The van der Waals surface area contributed by atoms with Gasteiger partial charge in [0.15, 0.2) is 5.96 Å². The first-order valence-electron chi connectivity index (χ1n) is 6.34. The van der Waals surface area contributed by atoms with Gasteiger partial charge in [0.25, 0.3) is 0 Å². The van der Waals surface area contributed by atoms with E-state index in [1.54, 1.807) is 11.3 Å². The summed E-state index contributed by atoms with van der Waals surface area (Å²) in [6.45, 7) is 5.14. The van der Waals surface area contributed by atoms with Gasteiger partial charge in [-0.15, -0.1) is 35.3 Å². The van der Waals surface area contributed by atoms with Gasteiger partial charge in [-0.05, 0) is 38.1 Å². The molecule has 1 aliphatic rings. The first-order valence-corrected chi connectivity index (χ1v) is 7.22. The van der Waals surface area contributed by atoms with Gasteiger partial charge in [-0.3, -0.25) is 4.99 Å². The van der Waals surface area contributed by atoms with Gasteiger partial charge in [0.2, 0.25) is 0 Å². The third-order valence-corrected chi connectivity index (χ3v) is 3.49. The van der Waals surface area contributed by atoms with Crippen molar-refractivity contribution in [1.82, 2.24) is 10.6 Å². The van der Waals surface area contributed by atoms with E-state index in [2.05, 4.69) is 47.0 Å². The molecule has 0 aromatic carbocycles. The van der Waals surface area contributed by atoms with Crippen molar-refractivity contribution >= 4 is 41.3 Å². The summed E-state index contributed by atoms with van der Waals surface area (Å²) < 4.78 is 0. The monoisotopic (exact) mass is 379 g/mol. The van der Waals surface area contributed by atoms with E-state index in [-0.39, 0.29) is 24.0 Å². The van der Waals surface area contributed by atoms with Gasteiger partial charge in [0, 0.05) is 29.9 Å². The third kappa shape index (κ3) is 6.04. The molecule has 0 atom stereocenters. The second kappa shape index (κ2) is 7.99. The van der Waals surface area contributed by atoms with Crippen molar-refractivity contribution < 1.29 is 0 Å². The van der Waals surface area contributed by atoms with Gasteiger partial charge in [0.1, 0.15) is 0 Å². The molecule has 1 aromatic rings. The highest BCUT2D eigenvalue weighted by atomic mass is 127. The van der Waals surface area contributed by atoms with Crippen LogP contribution in [0.5, 0.6) is 0 Å². The molecule has 1 heterocycles. The van der Waals surface area contributed by atoms with Crippen LogP contribution in [0.25, 0.3) is 0 Å². The maximum Gasteiger partial charge on any atom is 0.191 e. The van der Waals surface area contributed by atoms with Crippen molar-refractivity contribution in [2.45, 2.75) is 45.2 Å². The maximum atomic E-state index is 4.62. The maximum absolute atomic E-state index is 4.62. The van der Waals surface area contributed by atoms with Crippen LogP contribution in [0.15, 0.2) is 22.5 Å². The van der Waals surface area contributed by atoms with Crippen LogP contribution in [0.3, 0.4) is 0 Å². The fraction of sp³-hybridized carbons (Fsp3) is 0.615. The predicted molar refractivity (Wildman–Crippen MR) is 90.2 cm³/mol. The number of hydrogen-bond acceptors (Lipinski definition) is 2. The Morgan fingerprint density at radius 3 is 2.83 bits per heavy atom. The van der Waals surface area contributed by atoms with E-state index in [1.807, 2.05) is 0 Å². The summed E-state index contributed by atoms with van der Waals surface area (Å²) in [6, 6.07) is 5.35. The minimum absolute atomic E-state index is 0. The van der Waals surface area contributed by atoms with Gasteiger partial charge in [-0.25, -0.2) is 0 Å². The van der Waals surface area contributed by atoms with Crippen LogP contribution in [0, 0.1) is 0 Å². The Hall–Kier alpha value is -0.300. The zero-order valence-corrected chi connectivity index (χ0v) is 14.1. The van der Waals surface area contributed by atoms with Crippen LogP contribution in [-0.2, 0) is 6.42 Å². The molecule has 18 heavy (non-hydrogen) atoms. The molecule has 1 aromatic heterocycles. The minimum atomic E-state index is 0. The lowest BCUT2D eigenvalue weighted by Gasteiger charge is -2.14. The van der Waals surface area contributed by atoms with Crippen LogP contribution in [0.1, 0.15) is 31.6 Å². The topological polar surface area (TPSA) is 36.4 Å². The smallest absolute Gasteiger partial charge is 0.191 e. The number of nitrogens with zero attached hydrogens (tertiary/aromatic N) is 1. The third-order valence-electron chi connectivity index (χ3n) is 2.55. The Balaban J connectivity index is 0.00000162. The number of thiophene rings is 1. The van der Waals surface area contributed by atoms with E-state index >= 15 is 0 Å². The first-order chi connectivity index (χ1) is 8.24. The zero-order valence-electron chi connectivity index (χ0n) is 11.0. The van der Waals surface area contributed by atoms with Crippen LogP contribution >= 0.6 is 35.3 Å². The second-order valence-corrected chi connectivity index (χ2v) is 5.81. The lowest BCUT2D eigenvalue weighted by Crippen LogP contribution is -2.42. The Bertz CT molecular complexity index is 352. The first kappa shape index (κ1) is 15.8. The molecule has 5 heteroatoms. The molecule has 0 aliphatic heterocycles. The number of guanidine groups is 1. The molecule has 1 saturated carbocycles. The fourth-order valence-corrected chi connectivity index (χ4v) is 2.26. The molecule has 0 radical (unpaired) electrons. The van der Waals surface area contributed by atoms with E-state index in [0.29, 0.717) is 12.1 Å². The number of nitrogens with one attached hydrogen (secondary N) is 2. The molecule has 0 spiro atoms. The van der Waals surface area contributed by atoms with Crippen molar-refractivity contribution in [2.75, 3.05) is 6.54 Å². The zero-order chi connectivity index (χ0) is 12.1. The van der Waals surface area contributed by atoms with E-state index in [1.165, 1.54) is 17.7 Å². The van der Waals surface area contributed by atoms with Crippen LogP contribution in [0.4, 0.5) is 0 Å². The standard InChI is InChI=1S/C13H21N3S.HI/c1-10(2)15-13(16-11-5-6-11)14-8-7-12-4-3-9-17-12;/h3-4,9-11H,5-8H2,1-2H3,(H2,14,15,16);1H. The molecule has 2 rings (SSSR count). The molecular weight excluding hydrogens is 357 g/mol. The number of aliphatic imine (C=N–C) groups is 1. The molecule has 0 saturated heterocycles. The second-order valence-electron chi connectivity index (χ2n) is 4.78. The highest BCUT2D eigenvalue weighted by molar-refractivity contribution is 14.0. The fourth-order valence-electron chi connectivity index (χ4n) is 1.56. The van der Waals surface area contributed by atoms with Crippen molar-refractivity contribution in [3.63, 3.8) is 0 Å². The predicted octanol–water partition coefficient (Wildman–Crippen LogP) is 3.01. The molecule has 1 aliphatic carbocycles. The molecular formula is C13H22IN3S. The summed E-state index contributed by atoms with van der Waals surface area (Å²) in [5, 5.41) is 8.94. The van der Waals surface area contributed by atoms with Gasteiger partial charge >= 0.3 is 0 Å². The highest BCUT2D eigenvalue weighted by Gasteiger charge is 2.22. The average Bonchev–Trinajstić information content (AvgIpc) is 2.92. The number of rotatable bonds is 5. The summed E-state index contributed by atoms with van der Waals surface area (Å²) in [7, 11) is 0. The normalized spacial score (nSPS) is 15.4. The van der Waals surface area contributed by atoms with Gasteiger partial charge in [0.05, 0.1) is 0 Å². The van der Waals surface area contributed by atoms with Crippen LogP contribution in [-0.4, -0.2) is 24.6 Å². The highest BCUT2D eigenvalue weighted by Crippen LogP contribution is 2.18. The lowest BCUT2D eigenvalue weighted by molar-refractivity contribution is 0.694. The van der Waals surface area contributed by atoms with Gasteiger partial charge in [-0.1, -0.05) is 6.07 Å². The molecule has 102 valence electrons. The van der Waals surface area contributed by atoms with Gasteiger partial charge in [-0.2, -0.15) is 0 Å². The van der Waals surface area contributed by atoms with Crippen molar-refractivity contribution in [1.29, 1.82) is 0 Å². The summed E-state index contributed by atoms with van der Waals surface area (Å²) >= 11 is 1.80. The molecule has 0 amide bonds. The molecule has 1 fully saturated rings. The molecule has 0 bridgehead atoms. The number of halogens is 1. The minimum Gasteiger partial charge on any atom is -0.354 e. The van der Waals surface area contributed by atoms with Crippen molar-refractivity contribution in [3.8, 4) is 0 Å². The largest absolute Gasteiger partial charge is 0.354 e. The Morgan fingerprint density at radius 1 is 1.50 bits per heavy atom. The van der Waals surface area contributed by atoms with E-state index in [0.717, 1.165) is 18.9 Å².